The summed E-state index contributed by atoms with van der Waals surface area (Å²) in [5, 5.41) is 0. The van der Waals surface area contributed by atoms with E-state index in [9.17, 15) is 0 Å². The first kappa shape index (κ1) is 30.7. The number of nitrogens with one attached hydrogen (secondary N) is 1. The summed E-state index contributed by atoms with van der Waals surface area (Å²) in [4.78, 5) is 3.31. The zero-order valence-corrected chi connectivity index (χ0v) is 24.1. The van der Waals surface area contributed by atoms with Gasteiger partial charge >= 0.3 is 0 Å². The zero-order valence-electron chi connectivity index (χ0n) is 24.1. The summed E-state index contributed by atoms with van der Waals surface area (Å²) in [6.07, 6.45) is 35.9. The van der Waals surface area contributed by atoms with Crippen molar-refractivity contribution in [2.75, 3.05) is 0 Å². The normalized spacial score (nSPS) is 13.2. The van der Waals surface area contributed by atoms with E-state index in [-0.39, 0.29) is 0 Å². The number of imidazole rings is 1. The summed E-state index contributed by atoms with van der Waals surface area (Å²) in [7, 11) is 0. The molecule has 0 bridgehead atoms. The lowest BCUT2D eigenvalue weighted by Gasteiger charge is -2.25. The van der Waals surface area contributed by atoms with Gasteiger partial charge in [0.15, 0.2) is 0 Å². The first-order chi connectivity index (χ1) is 17.8. The van der Waals surface area contributed by atoms with E-state index in [0.29, 0.717) is 12.0 Å². The minimum Gasteiger partial charge on any atom is -0.250 e. The molecule has 1 N–H and O–H groups in total. The van der Waals surface area contributed by atoms with Crippen molar-refractivity contribution in [2.24, 2.45) is 5.92 Å². The summed E-state index contributed by atoms with van der Waals surface area (Å²) in [6.45, 7) is 4.62. The fourth-order valence-electron chi connectivity index (χ4n) is 5.86. The number of aromatic nitrogens is 2. The first-order valence-electron chi connectivity index (χ1n) is 15.9. The third-order valence-corrected chi connectivity index (χ3v) is 8.12. The lowest BCUT2D eigenvalue weighted by Crippen LogP contribution is -2.42. The van der Waals surface area contributed by atoms with Gasteiger partial charge in [-0.3, -0.25) is 4.98 Å². The lowest BCUT2D eigenvalue weighted by molar-refractivity contribution is -0.730. The van der Waals surface area contributed by atoms with Crippen molar-refractivity contribution in [3.05, 3.63) is 54.6 Å². The fourth-order valence-corrected chi connectivity index (χ4v) is 5.86. The summed E-state index contributed by atoms with van der Waals surface area (Å²) >= 11 is 0. The quantitative estimate of drug-likeness (QED) is 0.110. The minimum atomic E-state index is 0.607. The monoisotopic (exact) mass is 495 g/mol. The number of aromatic amines is 1. The second kappa shape index (κ2) is 21.5. The number of nitrogens with zero attached hydrogens (tertiary/aromatic N) is 1. The molecule has 0 radical (unpaired) electrons. The maximum Gasteiger partial charge on any atom is 0.241 e. The van der Waals surface area contributed by atoms with Gasteiger partial charge in [-0.05, 0) is 31.2 Å². The van der Waals surface area contributed by atoms with Crippen LogP contribution in [0.3, 0.4) is 0 Å². The van der Waals surface area contributed by atoms with Crippen molar-refractivity contribution >= 4 is 0 Å². The van der Waals surface area contributed by atoms with Gasteiger partial charge in [0.1, 0.15) is 18.4 Å². The van der Waals surface area contributed by atoms with E-state index in [4.69, 9.17) is 0 Å². The molecule has 1 aromatic heterocycles. The van der Waals surface area contributed by atoms with Gasteiger partial charge in [0.25, 0.3) is 0 Å². The fraction of sp³-hybridized carbons (Fsp3) is 0.735. The molecule has 2 atom stereocenters. The summed E-state index contributed by atoms with van der Waals surface area (Å²) in [5.41, 5.74) is 1.50. The topological polar surface area (TPSA) is 19.7 Å². The summed E-state index contributed by atoms with van der Waals surface area (Å²) in [5.74, 6) is 0.715. The number of unbranched alkanes of at least 4 members (excludes halogenated alkanes) is 16. The van der Waals surface area contributed by atoms with Crippen LogP contribution in [0.2, 0.25) is 0 Å². The maximum absolute atomic E-state index is 3.31. The van der Waals surface area contributed by atoms with E-state index in [1.165, 1.54) is 140 Å². The number of hydrogen-bond acceptors (Lipinski definition) is 0. The van der Waals surface area contributed by atoms with Gasteiger partial charge in [0.2, 0.25) is 6.33 Å². The minimum absolute atomic E-state index is 0.607. The Morgan fingerprint density at radius 3 is 1.64 bits per heavy atom. The third-order valence-electron chi connectivity index (χ3n) is 8.12. The molecule has 1 aromatic carbocycles. The molecule has 36 heavy (non-hydrogen) atoms. The highest BCUT2D eigenvalue weighted by Crippen LogP contribution is 2.29. The average Bonchev–Trinajstić information content (AvgIpc) is 3.44. The predicted molar refractivity (Wildman–Crippen MR) is 157 cm³/mol. The highest BCUT2D eigenvalue weighted by atomic mass is 15.1. The molecule has 2 aromatic rings. The van der Waals surface area contributed by atoms with Crippen LogP contribution < -0.4 is 4.57 Å². The second-order valence-electron chi connectivity index (χ2n) is 11.3. The molecule has 0 saturated carbocycles. The molecule has 204 valence electrons. The SMILES string of the molecule is CCCCCCCCCCCCCCCCC(Cc1ccccc1)C(CCCCCC)[n+]1cc[nH]c1. The Labute approximate surface area is 224 Å². The lowest BCUT2D eigenvalue weighted by atomic mass is 9.84. The molecule has 0 fully saturated rings. The van der Waals surface area contributed by atoms with Crippen LogP contribution in [0.1, 0.15) is 154 Å². The van der Waals surface area contributed by atoms with E-state index in [0.717, 1.165) is 0 Å². The van der Waals surface area contributed by atoms with E-state index in [2.05, 4.69) is 72.5 Å². The molecule has 2 rings (SSSR count). The molecule has 0 aliphatic heterocycles. The molecule has 0 aliphatic rings. The summed E-state index contributed by atoms with van der Waals surface area (Å²) in [6, 6.07) is 11.8. The molecule has 0 aliphatic carbocycles. The van der Waals surface area contributed by atoms with Gasteiger partial charge in [0.05, 0.1) is 0 Å². The first-order valence-corrected chi connectivity index (χ1v) is 15.9. The molecule has 1 heterocycles. The Balaban J connectivity index is 1.70. The zero-order chi connectivity index (χ0) is 25.5. The van der Waals surface area contributed by atoms with E-state index in [1.54, 1.807) is 0 Å². The van der Waals surface area contributed by atoms with Crippen molar-refractivity contribution < 1.29 is 4.57 Å². The molecule has 2 nitrogen and oxygen atoms in total. The Morgan fingerprint density at radius 1 is 0.611 bits per heavy atom. The smallest absolute Gasteiger partial charge is 0.241 e. The van der Waals surface area contributed by atoms with Gasteiger partial charge in [-0.2, -0.15) is 0 Å². The Kier molecular flexibility index (Phi) is 18.3. The number of H-pyrrole nitrogens is 1. The Morgan fingerprint density at radius 2 is 1.11 bits per heavy atom. The van der Waals surface area contributed by atoms with Gasteiger partial charge in [0, 0.05) is 5.92 Å². The molecule has 0 saturated heterocycles. The van der Waals surface area contributed by atoms with E-state index < -0.39 is 0 Å². The molecule has 0 amide bonds. The molecule has 2 unspecified atom stereocenters. The average molecular weight is 496 g/mol. The molecular formula is C34H59N2+. The van der Waals surface area contributed by atoms with Crippen LogP contribution in [0.5, 0.6) is 0 Å². The maximum atomic E-state index is 3.31. The van der Waals surface area contributed by atoms with Gasteiger partial charge < -0.3 is 0 Å². The largest absolute Gasteiger partial charge is 0.250 e. The predicted octanol–water partition coefficient (Wildman–Crippen LogP) is 10.5. The second-order valence-corrected chi connectivity index (χ2v) is 11.3. The van der Waals surface area contributed by atoms with Crippen LogP contribution in [0, 0.1) is 5.92 Å². The number of benzene rings is 1. The van der Waals surface area contributed by atoms with Crippen LogP contribution >= 0.6 is 0 Å². The highest BCUT2D eigenvalue weighted by Gasteiger charge is 2.26. The van der Waals surface area contributed by atoms with Crippen LogP contribution in [-0.2, 0) is 6.42 Å². The highest BCUT2D eigenvalue weighted by molar-refractivity contribution is 5.15. The number of hydrogen-bond donors (Lipinski definition) is 1. The standard InChI is InChI=1S/C34H58N2/c1-3-5-7-9-10-11-12-13-14-15-16-17-18-22-26-33(30-32-24-20-19-21-25-32)34(27-23-8-6-4-2)36-29-28-35-31-36/h19-21,24-25,28-29,31,33-34H,3-18,22-23,26-27,30H2,1-2H3/p+1. The van der Waals surface area contributed by atoms with Gasteiger partial charge in [-0.1, -0.05) is 153 Å². The third kappa shape index (κ3) is 14.2. The van der Waals surface area contributed by atoms with Crippen LogP contribution in [0.15, 0.2) is 49.1 Å². The molecular weight excluding hydrogens is 436 g/mol. The van der Waals surface area contributed by atoms with Crippen molar-refractivity contribution in [2.45, 2.75) is 155 Å². The summed E-state index contributed by atoms with van der Waals surface area (Å²) < 4.78 is 2.48. The van der Waals surface area contributed by atoms with Crippen LogP contribution in [-0.4, -0.2) is 4.98 Å². The Bertz CT molecular complexity index is 693. The van der Waals surface area contributed by atoms with Crippen molar-refractivity contribution in [3.63, 3.8) is 0 Å². The van der Waals surface area contributed by atoms with Crippen LogP contribution in [0.25, 0.3) is 0 Å². The van der Waals surface area contributed by atoms with Crippen molar-refractivity contribution in [1.29, 1.82) is 0 Å². The van der Waals surface area contributed by atoms with Crippen molar-refractivity contribution in [1.82, 2.24) is 4.98 Å². The van der Waals surface area contributed by atoms with Gasteiger partial charge in [-0.25, -0.2) is 4.57 Å². The van der Waals surface area contributed by atoms with Gasteiger partial charge in [-0.15, -0.1) is 0 Å². The molecule has 2 heteroatoms. The number of rotatable bonds is 24. The van der Waals surface area contributed by atoms with Crippen LogP contribution in [0.4, 0.5) is 0 Å². The van der Waals surface area contributed by atoms with Crippen molar-refractivity contribution in [3.8, 4) is 0 Å². The van der Waals surface area contributed by atoms with E-state index >= 15 is 0 Å². The molecule has 0 spiro atoms. The van der Waals surface area contributed by atoms with E-state index in [1.807, 2.05) is 0 Å². The Hall–Kier alpha value is -1.57.